The standard InChI is InChI=1S/C56H77NO6/c1-38(2)17-16-18-39(3)47-27-28-48-46-26-25-44-33-45(29-31-55(44,5)49(46)30-32-56(47,48)6)62-54-51(57-40(4)58)53(61-36-43-23-14-9-15-24-43)52(60-35-42-21-12-8-13-22-42)50(63-54)37-59-34-41-19-10-7-11-20-41/h7-15,19-25,38-39,45-54H,16-18,26-37H2,1-6H3,(H,57,58)/t39-,45+,46+,47-,48+,49+,50-,51-,52-,53-,54?,55+,56-/m1/s1. The van der Waals surface area contributed by atoms with Crippen molar-refractivity contribution in [2.75, 3.05) is 6.61 Å². The number of carbonyl (C=O) groups excluding carboxylic acids is 1. The van der Waals surface area contributed by atoms with Gasteiger partial charge in [-0.3, -0.25) is 4.79 Å². The van der Waals surface area contributed by atoms with Crippen LogP contribution in [0, 0.1) is 46.3 Å². The van der Waals surface area contributed by atoms with Crippen molar-refractivity contribution in [2.45, 2.75) is 169 Å². The first kappa shape index (κ1) is 46.2. The van der Waals surface area contributed by atoms with Crippen LogP contribution in [0.4, 0.5) is 0 Å². The highest BCUT2D eigenvalue weighted by molar-refractivity contribution is 5.73. The molecule has 63 heavy (non-hydrogen) atoms. The number of rotatable bonds is 18. The fourth-order valence-corrected chi connectivity index (χ4v) is 13.3. The van der Waals surface area contributed by atoms with Crippen molar-refractivity contribution in [3.63, 3.8) is 0 Å². The predicted octanol–water partition coefficient (Wildman–Crippen LogP) is 12.0. The van der Waals surface area contributed by atoms with E-state index in [4.69, 9.17) is 23.7 Å². The highest BCUT2D eigenvalue weighted by Crippen LogP contribution is 2.67. The van der Waals surface area contributed by atoms with E-state index in [1.54, 1.807) is 12.5 Å². The summed E-state index contributed by atoms with van der Waals surface area (Å²) in [6, 6.07) is 30.0. The summed E-state index contributed by atoms with van der Waals surface area (Å²) in [5.41, 5.74) is 5.43. The van der Waals surface area contributed by atoms with Crippen LogP contribution >= 0.6 is 0 Å². The Hall–Kier alpha value is -3.33. The van der Waals surface area contributed by atoms with Crippen molar-refractivity contribution in [1.82, 2.24) is 5.32 Å². The van der Waals surface area contributed by atoms with Crippen molar-refractivity contribution in [3.8, 4) is 0 Å². The zero-order chi connectivity index (χ0) is 44.0. The molecule has 8 rings (SSSR count). The van der Waals surface area contributed by atoms with Crippen LogP contribution in [0.1, 0.15) is 129 Å². The minimum Gasteiger partial charge on any atom is -0.374 e. The molecular weight excluding hydrogens is 783 g/mol. The van der Waals surface area contributed by atoms with Crippen molar-refractivity contribution in [2.24, 2.45) is 46.3 Å². The topological polar surface area (TPSA) is 75.3 Å². The molecule has 1 amide bonds. The maximum Gasteiger partial charge on any atom is 0.217 e. The summed E-state index contributed by atoms with van der Waals surface area (Å²) in [6.45, 7) is 15.6. The number of fused-ring (bicyclic) bond motifs is 5. The SMILES string of the molecule is CC(=O)N[C@H]1C(O[C@H]2CC[C@@]3(C)C(=CC[C@H]4[C@@H]5CC[C@H]([C@H](C)CCCC(C)C)[C@@]5(C)CC[C@@H]43)C2)O[C@H](COCc2ccccc2)[C@@H](OCc2ccccc2)[C@@H]1OCc1ccccc1. The van der Waals surface area contributed by atoms with Crippen LogP contribution in [0.5, 0.6) is 0 Å². The highest BCUT2D eigenvalue weighted by Gasteiger charge is 2.59. The lowest BCUT2D eigenvalue weighted by molar-refractivity contribution is -0.301. The van der Waals surface area contributed by atoms with Gasteiger partial charge in [-0.05, 0) is 114 Å². The second-order valence-electron chi connectivity index (χ2n) is 21.1. The molecule has 1 unspecified atom stereocenters. The van der Waals surface area contributed by atoms with Crippen molar-refractivity contribution >= 4 is 5.91 Å². The van der Waals surface area contributed by atoms with Crippen LogP contribution < -0.4 is 5.32 Å². The Morgan fingerprint density at radius 2 is 1.40 bits per heavy atom. The molecule has 342 valence electrons. The number of nitrogens with one attached hydrogen (secondary N) is 1. The summed E-state index contributed by atoms with van der Waals surface area (Å²) in [5.74, 6) is 4.66. The lowest BCUT2D eigenvalue weighted by atomic mass is 9.47. The second kappa shape index (κ2) is 20.9. The van der Waals surface area contributed by atoms with E-state index in [1.807, 2.05) is 54.6 Å². The summed E-state index contributed by atoms with van der Waals surface area (Å²) >= 11 is 0. The Balaban J connectivity index is 1.01. The molecule has 0 aromatic heterocycles. The molecule has 1 saturated heterocycles. The highest BCUT2D eigenvalue weighted by atomic mass is 16.7. The van der Waals surface area contributed by atoms with Gasteiger partial charge in [-0.15, -0.1) is 0 Å². The molecule has 0 bridgehead atoms. The van der Waals surface area contributed by atoms with Crippen LogP contribution in [0.25, 0.3) is 0 Å². The molecular formula is C56H77NO6. The fourth-order valence-electron chi connectivity index (χ4n) is 13.3. The number of hydrogen-bond donors (Lipinski definition) is 1. The van der Waals surface area contributed by atoms with E-state index < -0.39 is 30.6 Å². The monoisotopic (exact) mass is 860 g/mol. The summed E-state index contributed by atoms with van der Waals surface area (Å²) in [4.78, 5) is 13.1. The van der Waals surface area contributed by atoms with Crippen LogP contribution in [0.2, 0.25) is 0 Å². The van der Waals surface area contributed by atoms with Crippen molar-refractivity contribution in [3.05, 3.63) is 119 Å². The van der Waals surface area contributed by atoms with E-state index in [2.05, 4.69) is 82.4 Å². The van der Waals surface area contributed by atoms with E-state index in [0.717, 1.165) is 71.5 Å². The quantitative estimate of drug-likeness (QED) is 0.128. The average Bonchev–Trinajstić information content (AvgIpc) is 3.64. The van der Waals surface area contributed by atoms with Gasteiger partial charge in [-0.1, -0.05) is 157 Å². The van der Waals surface area contributed by atoms with Gasteiger partial charge in [0.15, 0.2) is 6.29 Å². The smallest absolute Gasteiger partial charge is 0.217 e. The normalized spacial score (nSPS) is 34.4. The van der Waals surface area contributed by atoms with Gasteiger partial charge in [0.2, 0.25) is 5.91 Å². The van der Waals surface area contributed by atoms with Gasteiger partial charge in [-0.2, -0.15) is 0 Å². The number of hydrogen-bond acceptors (Lipinski definition) is 6. The molecule has 0 spiro atoms. The Morgan fingerprint density at radius 3 is 2.03 bits per heavy atom. The zero-order valence-corrected chi connectivity index (χ0v) is 39.2. The molecule has 7 nitrogen and oxygen atoms in total. The second-order valence-corrected chi connectivity index (χ2v) is 21.1. The van der Waals surface area contributed by atoms with E-state index >= 15 is 0 Å². The minimum absolute atomic E-state index is 0.0408. The number of amides is 1. The first-order chi connectivity index (χ1) is 30.5. The van der Waals surface area contributed by atoms with Gasteiger partial charge in [0.05, 0.1) is 32.5 Å². The Bertz CT molecular complexity index is 1920. The van der Waals surface area contributed by atoms with Gasteiger partial charge in [-0.25, -0.2) is 0 Å². The molecule has 4 aliphatic carbocycles. The van der Waals surface area contributed by atoms with Gasteiger partial charge < -0.3 is 29.0 Å². The van der Waals surface area contributed by atoms with Crippen molar-refractivity contribution in [1.29, 1.82) is 0 Å². The molecule has 4 fully saturated rings. The van der Waals surface area contributed by atoms with E-state index in [0.29, 0.717) is 25.2 Å². The number of carbonyl (C=O) groups is 1. The zero-order valence-electron chi connectivity index (χ0n) is 39.2. The van der Waals surface area contributed by atoms with Crippen LogP contribution in [0.15, 0.2) is 103 Å². The van der Waals surface area contributed by atoms with Gasteiger partial charge >= 0.3 is 0 Å². The predicted molar refractivity (Wildman–Crippen MR) is 250 cm³/mol. The van der Waals surface area contributed by atoms with Gasteiger partial charge in [0, 0.05) is 6.92 Å². The van der Waals surface area contributed by atoms with E-state index in [1.165, 1.54) is 51.4 Å². The fraction of sp³-hybridized carbons (Fsp3) is 0.625. The van der Waals surface area contributed by atoms with E-state index in [9.17, 15) is 4.79 Å². The lowest BCUT2D eigenvalue weighted by Crippen LogP contribution is -2.66. The Labute approximate surface area is 379 Å². The molecule has 0 radical (unpaired) electrons. The molecule has 13 atom stereocenters. The molecule has 1 N–H and O–H groups in total. The summed E-state index contributed by atoms with van der Waals surface area (Å²) in [6.07, 6.45) is 14.0. The number of benzene rings is 3. The van der Waals surface area contributed by atoms with Crippen molar-refractivity contribution < 1.29 is 28.5 Å². The molecule has 7 heteroatoms. The molecule has 5 aliphatic rings. The van der Waals surface area contributed by atoms with Gasteiger partial charge in [0.1, 0.15) is 24.4 Å². The molecule has 1 heterocycles. The average molecular weight is 860 g/mol. The first-order valence-electron chi connectivity index (χ1n) is 24.7. The summed E-state index contributed by atoms with van der Waals surface area (Å²) in [7, 11) is 0. The van der Waals surface area contributed by atoms with Crippen LogP contribution in [-0.2, 0) is 48.3 Å². The molecule has 1 aliphatic heterocycles. The summed E-state index contributed by atoms with van der Waals surface area (Å²) in [5, 5.41) is 3.24. The third-order valence-electron chi connectivity index (χ3n) is 16.6. The molecule has 3 aromatic carbocycles. The summed E-state index contributed by atoms with van der Waals surface area (Å²) < 4.78 is 34.3. The maximum absolute atomic E-state index is 13.1. The van der Waals surface area contributed by atoms with Crippen LogP contribution in [-0.4, -0.2) is 49.3 Å². The maximum atomic E-state index is 13.1. The lowest BCUT2D eigenvalue weighted by Gasteiger charge is -2.58. The van der Waals surface area contributed by atoms with Gasteiger partial charge in [0.25, 0.3) is 0 Å². The Morgan fingerprint density at radius 1 is 0.762 bits per heavy atom. The first-order valence-corrected chi connectivity index (χ1v) is 24.7. The number of ether oxygens (including phenoxy) is 5. The third-order valence-corrected chi connectivity index (χ3v) is 16.6. The number of allylic oxidation sites excluding steroid dienone is 1. The largest absolute Gasteiger partial charge is 0.374 e. The molecule has 3 aromatic rings. The third kappa shape index (κ3) is 10.7. The van der Waals surface area contributed by atoms with E-state index in [-0.39, 0.29) is 24.0 Å². The van der Waals surface area contributed by atoms with Crippen LogP contribution in [0.3, 0.4) is 0 Å². The Kier molecular flexibility index (Phi) is 15.3. The minimum atomic E-state index is -0.754. The molecule has 3 saturated carbocycles.